The molecule has 4 heterocycles. The summed E-state index contributed by atoms with van der Waals surface area (Å²) in [7, 11) is 0. The minimum absolute atomic E-state index is 0.171. The molecule has 9 N–H and O–H groups in total. The summed E-state index contributed by atoms with van der Waals surface area (Å²) in [5.74, 6) is 0.171. The van der Waals surface area contributed by atoms with E-state index in [-0.39, 0.29) is 31.7 Å². The van der Waals surface area contributed by atoms with Crippen molar-refractivity contribution in [2.45, 2.75) is 292 Å². The van der Waals surface area contributed by atoms with Gasteiger partial charge in [-0.15, -0.1) is 0 Å². The molecule has 4 rings (SSSR count). The van der Waals surface area contributed by atoms with Crippen LogP contribution in [0, 0.1) is 0 Å². The van der Waals surface area contributed by atoms with Gasteiger partial charge in [-0.25, -0.2) is 0 Å². The summed E-state index contributed by atoms with van der Waals surface area (Å²) in [5.41, 5.74) is 0. The maximum Gasteiger partial charge on any atom is 0.187 e. The fourth-order valence-electron chi connectivity index (χ4n) is 9.55. The highest BCUT2D eigenvalue weighted by molar-refractivity contribution is 5.75. The van der Waals surface area contributed by atoms with Crippen molar-refractivity contribution in [1.82, 2.24) is 0 Å². The molecule has 0 aromatic rings. The van der Waals surface area contributed by atoms with Gasteiger partial charge in [-0.2, -0.15) is 0 Å². The van der Waals surface area contributed by atoms with Crippen LogP contribution in [0.15, 0.2) is 0 Å². The van der Waals surface area contributed by atoms with E-state index in [1.807, 2.05) is 13.8 Å². The van der Waals surface area contributed by atoms with E-state index in [9.17, 15) is 50.8 Å². The van der Waals surface area contributed by atoms with Gasteiger partial charge in [0, 0.05) is 19.6 Å². The number of unbranched alkanes of at least 4 members (excludes halogenated alkanes) is 12. The zero-order chi connectivity index (χ0) is 52.0. The second-order valence-electron chi connectivity index (χ2n) is 20.2. The normalized spacial score (nSPS) is 38.4. The minimum atomic E-state index is -1.76. The lowest BCUT2D eigenvalue weighted by atomic mass is 9.95. The number of carbonyl (C=O) groups excluding carboxylic acids is 1. The summed E-state index contributed by atoms with van der Waals surface area (Å²) in [6.07, 6.45) is -12.0. The second kappa shape index (κ2) is 33.2. The van der Waals surface area contributed by atoms with Crippen LogP contribution in [-0.2, 0) is 52.2 Å². The standard InChI is InChI=1S/C51H94O20/c1-7-10-13-14-15-18-21-24-33(25-22-19-16-17-20-23-30(4)53)67-50-45(41(59)38(56)34(28-52)68-50)70-51-47(71-49-43(61)40(58)37(55)32(6)66-49)46(63-27-12-9-3)44(62-26-11-8-2)35(69-51)29-64-48-42(60)39(57)36(54)31(5)65-48/h31-52,54-61H,7-29H2,1-6H3. The molecule has 0 aromatic heterocycles. The van der Waals surface area contributed by atoms with Gasteiger partial charge in [0.25, 0.3) is 0 Å². The lowest BCUT2D eigenvalue weighted by molar-refractivity contribution is -0.401. The van der Waals surface area contributed by atoms with Gasteiger partial charge in [-0.05, 0) is 52.9 Å². The van der Waals surface area contributed by atoms with E-state index < -0.39 is 129 Å². The molecular formula is C51H94O20. The summed E-state index contributed by atoms with van der Waals surface area (Å²) in [6, 6.07) is 0. The van der Waals surface area contributed by atoms with Crippen LogP contribution in [0.4, 0.5) is 0 Å². The highest BCUT2D eigenvalue weighted by Gasteiger charge is 2.56. The molecule has 4 aliphatic rings. The zero-order valence-corrected chi connectivity index (χ0v) is 43.4. The van der Waals surface area contributed by atoms with Crippen LogP contribution in [0.25, 0.3) is 0 Å². The molecule has 0 aromatic carbocycles. The van der Waals surface area contributed by atoms with Crippen LogP contribution in [0.3, 0.4) is 0 Å². The number of ether oxygens (including phenoxy) is 10. The number of hydrogen-bond acceptors (Lipinski definition) is 20. The quantitative estimate of drug-likeness (QED) is 0.0419. The molecule has 71 heavy (non-hydrogen) atoms. The Morgan fingerprint density at radius 2 is 0.958 bits per heavy atom. The summed E-state index contributed by atoms with van der Waals surface area (Å²) < 4.78 is 63.9. The molecule has 0 saturated carbocycles. The Morgan fingerprint density at radius 1 is 0.465 bits per heavy atom. The molecule has 21 unspecified atom stereocenters. The molecule has 4 fully saturated rings. The molecule has 20 nitrogen and oxygen atoms in total. The van der Waals surface area contributed by atoms with Crippen molar-refractivity contribution < 1.29 is 98.1 Å². The van der Waals surface area contributed by atoms with E-state index in [1.165, 1.54) is 26.7 Å². The van der Waals surface area contributed by atoms with Gasteiger partial charge in [0.05, 0.1) is 31.5 Å². The molecule has 0 aliphatic carbocycles. The van der Waals surface area contributed by atoms with Crippen molar-refractivity contribution in [2.75, 3.05) is 26.4 Å². The van der Waals surface area contributed by atoms with E-state index >= 15 is 0 Å². The molecule has 20 heteroatoms. The van der Waals surface area contributed by atoms with Gasteiger partial charge in [0.1, 0.15) is 91.2 Å². The lowest BCUT2D eigenvalue weighted by Gasteiger charge is -2.50. The molecule has 4 aliphatic heterocycles. The molecule has 0 bridgehead atoms. The van der Waals surface area contributed by atoms with Crippen molar-refractivity contribution in [3.63, 3.8) is 0 Å². The van der Waals surface area contributed by atoms with Gasteiger partial charge >= 0.3 is 0 Å². The first-order chi connectivity index (χ1) is 34.1. The van der Waals surface area contributed by atoms with Crippen molar-refractivity contribution in [2.24, 2.45) is 0 Å². The Bertz CT molecular complexity index is 1420. The first-order valence-corrected chi connectivity index (χ1v) is 27.1. The second-order valence-corrected chi connectivity index (χ2v) is 20.2. The number of carbonyl (C=O) groups is 1. The topological polar surface area (TPSA) is 291 Å². The smallest absolute Gasteiger partial charge is 0.187 e. The maximum absolute atomic E-state index is 12.0. The average Bonchev–Trinajstić information content (AvgIpc) is 3.35. The number of aliphatic hydroxyl groups is 9. The Morgan fingerprint density at radius 3 is 1.52 bits per heavy atom. The van der Waals surface area contributed by atoms with E-state index in [0.717, 1.165) is 77.0 Å². The van der Waals surface area contributed by atoms with E-state index in [1.54, 1.807) is 6.92 Å². The zero-order valence-electron chi connectivity index (χ0n) is 43.4. The van der Waals surface area contributed by atoms with Crippen LogP contribution in [-0.4, -0.2) is 207 Å². The summed E-state index contributed by atoms with van der Waals surface area (Å²) in [4.78, 5) is 11.5. The number of aliphatic hydroxyl groups excluding tert-OH is 9. The summed E-state index contributed by atoms with van der Waals surface area (Å²) >= 11 is 0. The third kappa shape index (κ3) is 19.2. The van der Waals surface area contributed by atoms with Crippen molar-refractivity contribution in [1.29, 1.82) is 0 Å². The molecule has 4 saturated heterocycles. The maximum atomic E-state index is 12.0. The first-order valence-electron chi connectivity index (χ1n) is 27.1. The van der Waals surface area contributed by atoms with Gasteiger partial charge in [-0.1, -0.05) is 104 Å². The third-order valence-corrected chi connectivity index (χ3v) is 14.2. The van der Waals surface area contributed by atoms with Crippen molar-refractivity contribution >= 4 is 5.78 Å². The number of rotatable bonds is 34. The Kier molecular flexibility index (Phi) is 29.2. The molecular weight excluding hydrogens is 933 g/mol. The van der Waals surface area contributed by atoms with Crippen molar-refractivity contribution in [3.8, 4) is 0 Å². The first kappa shape index (κ1) is 62.4. The monoisotopic (exact) mass is 1030 g/mol. The fourth-order valence-corrected chi connectivity index (χ4v) is 9.55. The molecule has 0 spiro atoms. The molecule has 21 atom stereocenters. The average molecular weight is 1030 g/mol. The van der Waals surface area contributed by atoms with Gasteiger partial charge in [-0.3, -0.25) is 0 Å². The third-order valence-electron chi connectivity index (χ3n) is 14.2. The van der Waals surface area contributed by atoms with Gasteiger partial charge < -0.3 is 98.1 Å². The number of Topliss-reactive ketones (excluding diaryl/α,β-unsaturated/α-hetero) is 1. The molecule has 0 amide bonds. The van der Waals surface area contributed by atoms with Gasteiger partial charge in [0.2, 0.25) is 0 Å². The van der Waals surface area contributed by atoms with E-state index in [0.29, 0.717) is 32.1 Å². The van der Waals surface area contributed by atoms with Crippen LogP contribution in [0.5, 0.6) is 0 Å². The minimum Gasteiger partial charge on any atom is -0.394 e. The molecule has 418 valence electrons. The number of ketones is 1. The van der Waals surface area contributed by atoms with Crippen LogP contribution in [0.1, 0.15) is 164 Å². The van der Waals surface area contributed by atoms with Gasteiger partial charge in [0.15, 0.2) is 25.2 Å². The molecule has 0 radical (unpaired) electrons. The Balaban J connectivity index is 1.72. The predicted molar refractivity (Wildman–Crippen MR) is 257 cm³/mol. The summed E-state index contributed by atoms with van der Waals surface area (Å²) in [6.45, 7) is 10.2. The van der Waals surface area contributed by atoms with Crippen LogP contribution < -0.4 is 0 Å². The van der Waals surface area contributed by atoms with Crippen LogP contribution >= 0.6 is 0 Å². The highest BCUT2D eigenvalue weighted by atomic mass is 16.8. The van der Waals surface area contributed by atoms with Crippen LogP contribution in [0.2, 0.25) is 0 Å². The summed E-state index contributed by atoms with van der Waals surface area (Å²) in [5, 5.41) is 98.4. The fraction of sp³-hybridized carbons (Fsp3) is 0.980. The predicted octanol–water partition coefficient (Wildman–Crippen LogP) is 2.81. The number of hydrogen-bond donors (Lipinski definition) is 9. The lowest BCUT2D eigenvalue weighted by Crippen LogP contribution is -2.68. The SMILES string of the molecule is CCCCCCCCCC(CCCCCCCC(C)=O)OC1OC(CO)C(O)C(O)C1OC1OC(COC2OC(C)C(O)C(O)C2O)C(OCCCC)C(OCCCC)C1OC1OC(C)C(O)C(O)C1O. The van der Waals surface area contributed by atoms with Crippen molar-refractivity contribution in [3.05, 3.63) is 0 Å². The largest absolute Gasteiger partial charge is 0.394 e. The van der Waals surface area contributed by atoms with E-state index in [4.69, 9.17) is 47.4 Å². The Hall–Kier alpha value is -1.09. The Labute approximate surface area is 421 Å². The highest BCUT2D eigenvalue weighted by Crippen LogP contribution is 2.37. The van der Waals surface area contributed by atoms with E-state index in [2.05, 4.69) is 6.92 Å².